The van der Waals surface area contributed by atoms with Crippen LogP contribution in [0.15, 0.2) is 16.5 Å². The standard InChI is InChI=1S/C15H24N2O6/c1-20-5-4-16-13-14(19)12(11-8-21-15(13)23-11)17-6-9-2-3-10(7-18)22-9/h2-3,11-19H,4-8H2,1H3. The van der Waals surface area contributed by atoms with Crippen LogP contribution in [-0.2, 0) is 27.4 Å². The van der Waals surface area contributed by atoms with Gasteiger partial charge in [0.1, 0.15) is 24.2 Å². The summed E-state index contributed by atoms with van der Waals surface area (Å²) in [5.41, 5.74) is 0. The van der Waals surface area contributed by atoms with E-state index in [9.17, 15) is 5.11 Å². The molecule has 5 unspecified atom stereocenters. The summed E-state index contributed by atoms with van der Waals surface area (Å²) < 4.78 is 21.9. The number of furan rings is 1. The molecule has 3 rings (SSSR count). The molecule has 0 amide bonds. The van der Waals surface area contributed by atoms with Gasteiger partial charge in [-0.05, 0) is 12.1 Å². The first-order chi connectivity index (χ1) is 11.2. The van der Waals surface area contributed by atoms with Gasteiger partial charge in [0.25, 0.3) is 0 Å². The number of hydrogen-bond donors (Lipinski definition) is 4. The van der Waals surface area contributed by atoms with Crippen molar-refractivity contribution in [2.24, 2.45) is 0 Å². The van der Waals surface area contributed by atoms with E-state index in [2.05, 4.69) is 10.6 Å². The van der Waals surface area contributed by atoms with Gasteiger partial charge in [-0.3, -0.25) is 0 Å². The van der Waals surface area contributed by atoms with Gasteiger partial charge in [-0.1, -0.05) is 0 Å². The maximum Gasteiger partial charge on any atom is 0.176 e. The minimum absolute atomic E-state index is 0.126. The molecule has 2 aliphatic rings. The zero-order chi connectivity index (χ0) is 16.2. The summed E-state index contributed by atoms with van der Waals surface area (Å²) in [6.45, 7) is 1.92. The van der Waals surface area contributed by atoms with E-state index in [0.29, 0.717) is 37.8 Å². The number of fused-ring (bicyclic) bond motifs is 2. The van der Waals surface area contributed by atoms with Gasteiger partial charge in [0, 0.05) is 13.7 Å². The van der Waals surface area contributed by atoms with Crippen LogP contribution in [0.4, 0.5) is 0 Å². The fraction of sp³-hybridized carbons (Fsp3) is 0.733. The molecule has 23 heavy (non-hydrogen) atoms. The Kier molecular flexibility index (Phi) is 5.65. The van der Waals surface area contributed by atoms with Crippen molar-refractivity contribution in [2.75, 3.05) is 26.9 Å². The molecule has 1 aromatic rings. The average molecular weight is 328 g/mol. The molecule has 130 valence electrons. The molecule has 0 aromatic carbocycles. The Morgan fingerprint density at radius 1 is 1.26 bits per heavy atom. The second-order valence-electron chi connectivity index (χ2n) is 5.77. The summed E-state index contributed by atoms with van der Waals surface area (Å²) in [6.07, 6.45) is -1.28. The normalized spacial score (nSPS) is 33.3. The molecule has 2 bridgehead atoms. The van der Waals surface area contributed by atoms with E-state index >= 15 is 0 Å². The molecule has 0 radical (unpaired) electrons. The number of aliphatic hydroxyl groups excluding tert-OH is 2. The van der Waals surface area contributed by atoms with Gasteiger partial charge >= 0.3 is 0 Å². The van der Waals surface area contributed by atoms with E-state index in [4.69, 9.17) is 23.7 Å². The Morgan fingerprint density at radius 2 is 2.09 bits per heavy atom. The second-order valence-corrected chi connectivity index (χ2v) is 5.77. The van der Waals surface area contributed by atoms with E-state index in [0.717, 1.165) is 0 Å². The zero-order valence-corrected chi connectivity index (χ0v) is 13.1. The maximum atomic E-state index is 10.6. The van der Waals surface area contributed by atoms with Gasteiger partial charge in [0.2, 0.25) is 0 Å². The smallest absolute Gasteiger partial charge is 0.176 e. The van der Waals surface area contributed by atoms with Crippen molar-refractivity contribution < 1.29 is 28.8 Å². The molecular weight excluding hydrogens is 304 g/mol. The highest BCUT2D eigenvalue weighted by Crippen LogP contribution is 2.28. The molecule has 8 nitrogen and oxygen atoms in total. The van der Waals surface area contributed by atoms with Crippen molar-refractivity contribution >= 4 is 0 Å². The lowest BCUT2D eigenvalue weighted by atomic mass is 9.96. The second kappa shape index (κ2) is 7.71. The van der Waals surface area contributed by atoms with E-state index in [1.165, 1.54) is 0 Å². The molecule has 0 aliphatic carbocycles. The Labute approximate surface area is 134 Å². The van der Waals surface area contributed by atoms with Crippen LogP contribution in [0.25, 0.3) is 0 Å². The third-order valence-electron chi connectivity index (χ3n) is 4.23. The third-order valence-corrected chi connectivity index (χ3v) is 4.23. The quantitative estimate of drug-likeness (QED) is 0.448. The van der Waals surface area contributed by atoms with E-state index in [-0.39, 0.29) is 24.8 Å². The fourth-order valence-electron chi connectivity index (χ4n) is 3.04. The number of hydrogen-bond acceptors (Lipinski definition) is 8. The zero-order valence-electron chi connectivity index (χ0n) is 13.1. The summed E-state index contributed by atoms with van der Waals surface area (Å²) >= 11 is 0. The van der Waals surface area contributed by atoms with Gasteiger partial charge in [-0.25, -0.2) is 0 Å². The fourth-order valence-corrected chi connectivity index (χ4v) is 3.04. The summed E-state index contributed by atoms with van der Waals surface area (Å²) in [7, 11) is 1.63. The molecule has 5 atom stereocenters. The SMILES string of the molecule is COCCNC1C2OCC(O2)C(NCc2ccc(CO)o2)C1O. The minimum atomic E-state index is -0.648. The largest absolute Gasteiger partial charge is 0.462 e. The lowest BCUT2D eigenvalue weighted by Crippen LogP contribution is -2.63. The van der Waals surface area contributed by atoms with Crippen LogP contribution >= 0.6 is 0 Å². The number of rotatable bonds is 8. The van der Waals surface area contributed by atoms with Gasteiger partial charge in [-0.2, -0.15) is 0 Å². The van der Waals surface area contributed by atoms with E-state index in [1.54, 1.807) is 19.2 Å². The minimum Gasteiger partial charge on any atom is -0.462 e. The topological polar surface area (TPSA) is 105 Å². The maximum absolute atomic E-state index is 10.6. The highest BCUT2D eigenvalue weighted by Gasteiger charge is 2.49. The Hall–Kier alpha value is -1.00. The predicted molar refractivity (Wildman–Crippen MR) is 79.5 cm³/mol. The lowest BCUT2D eigenvalue weighted by Gasteiger charge is -2.39. The molecule has 2 saturated heterocycles. The highest BCUT2D eigenvalue weighted by atomic mass is 16.7. The summed E-state index contributed by atoms with van der Waals surface area (Å²) in [6, 6.07) is 2.95. The van der Waals surface area contributed by atoms with Gasteiger partial charge in [0.05, 0.1) is 37.9 Å². The molecule has 2 fully saturated rings. The van der Waals surface area contributed by atoms with Crippen LogP contribution < -0.4 is 10.6 Å². The van der Waals surface area contributed by atoms with Gasteiger partial charge < -0.3 is 39.5 Å². The van der Waals surface area contributed by atoms with Crippen LogP contribution in [0.1, 0.15) is 11.5 Å². The van der Waals surface area contributed by atoms with Crippen LogP contribution in [0.5, 0.6) is 0 Å². The summed E-state index contributed by atoms with van der Waals surface area (Å²) in [5, 5.41) is 26.2. The predicted octanol–water partition coefficient (Wildman–Crippen LogP) is -1.05. The Bertz CT molecular complexity index is 496. The van der Waals surface area contributed by atoms with E-state index in [1.807, 2.05) is 0 Å². The molecule has 1 aromatic heterocycles. The monoisotopic (exact) mass is 328 g/mol. The van der Waals surface area contributed by atoms with Gasteiger partial charge in [-0.15, -0.1) is 0 Å². The Morgan fingerprint density at radius 3 is 2.83 bits per heavy atom. The first-order valence-corrected chi connectivity index (χ1v) is 7.82. The van der Waals surface area contributed by atoms with Crippen molar-refractivity contribution in [1.29, 1.82) is 0 Å². The first-order valence-electron chi connectivity index (χ1n) is 7.82. The van der Waals surface area contributed by atoms with Crippen LogP contribution in [0.3, 0.4) is 0 Å². The number of nitrogens with one attached hydrogen (secondary N) is 2. The molecule has 8 heteroatoms. The van der Waals surface area contributed by atoms with Crippen LogP contribution in [0.2, 0.25) is 0 Å². The van der Waals surface area contributed by atoms with Crippen molar-refractivity contribution in [2.45, 2.75) is 43.7 Å². The molecule has 2 aliphatic heterocycles. The molecule has 4 N–H and O–H groups in total. The third kappa shape index (κ3) is 3.74. The van der Waals surface area contributed by atoms with Gasteiger partial charge in [0.15, 0.2) is 6.29 Å². The van der Waals surface area contributed by atoms with E-state index < -0.39 is 12.4 Å². The Balaban J connectivity index is 1.58. The molecule has 3 heterocycles. The van der Waals surface area contributed by atoms with Crippen LogP contribution in [-0.4, -0.2) is 67.7 Å². The number of methoxy groups -OCH3 is 1. The average Bonchev–Trinajstić information content (AvgIpc) is 3.19. The van der Waals surface area contributed by atoms with Crippen LogP contribution in [0, 0.1) is 0 Å². The van der Waals surface area contributed by atoms with Crippen molar-refractivity contribution in [3.05, 3.63) is 23.7 Å². The molecule has 0 saturated carbocycles. The number of aliphatic hydroxyl groups is 2. The first kappa shape index (κ1) is 16.8. The van der Waals surface area contributed by atoms with Crippen molar-refractivity contribution in [3.63, 3.8) is 0 Å². The summed E-state index contributed by atoms with van der Waals surface area (Å²) in [4.78, 5) is 0. The molecule has 0 spiro atoms. The van der Waals surface area contributed by atoms with Crippen molar-refractivity contribution in [1.82, 2.24) is 10.6 Å². The highest BCUT2D eigenvalue weighted by molar-refractivity contribution is 5.07. The molecular formula is C15H24N2O6. The lowest BCUT2D eigenvalue weighted by molar-refractivity contribution is -0.153. The van der Waals surface area contributed by atoms with Crippen molar-refractivity contribution in [3.8, 4) is 0 Å². The summed E-state index contributed by atoms with van der Waals surface area (Å²) in [5.74, 6) is 1.22. The number of ether oxygens (including phenoxy) is 3.